The predicted molar refractivity (Wildman–Crippen MR) is 70.7 cm³/mol. The molecule has 0 bridgehead atoms. The molecule has 0 heterocycles. The number of amidine groups is 1. The Hall–Kier alpha value is -1.55. The van der Waals surface area contributed by atoms with Crippen LogP contribution in [0.1, 0.15) is 19.4 Å². The van der Waals surface area contributed by atoms with Crippen molar-refractivity contribution in [3.8, 4) is 5.75 Å². The number of nitrogens with two attached hydrogens (primary N) is 1. The van der Waals surface area contributed by atoms with E-state index < -0.39 is 0 Å². The SMILES string of the molecule is CCN(CC)CCOc1ccc(C(=N)N)cc1. The molecule has 0 fully saturated rings. The van der Waals surface area contributed by atoms with Crippen molar-refractivity contribution in [1.82, 2.24) is 4.90 Å². The lowest BCUT2D eigenvalue weighted by molar-refractivity contribution is 0.223. The molecule has 0 saturated carbocycles. The third-order valence-corrected chi connectivity index (χ3v) is 2.74. The van der Waals surface area contributed by atoms with Crippen LogP contribution in [0.25, 0.3) is 0 Å². The summed E-state index contributed by atoms with van der Waals surface area (Å²) in [7, 11) is 0. The van der Waals surface area contributed by atoms with Crippen molar-refractivity contribution in [2.24, 2.45) is 5.73 Å². The number of ether oxygens (including phenoxy) is 1. The number of hydrogen-bond donors (Lipinski definition) is 2. The van der Waals surface area contributed by atoms with Gasteiger partial charge in [0.2, 0.25) is 0 Å². The van der Waals surface area contributed by atoms with E-state index in [4.69, 9.17) is 15.9 Å². The van der Waals surface area contributed by atoms with Crippen LogP contribution in [-0.4, -0.2) is 37.0 Å². The summed E-state index contributed by atoms with van der Waals surface area (Å²) in [6.45, 7) is 7.99. The monoisotopic (exact) mass is 235 g/mol. The summed E-state index contributed by atoms with van der Waals surface area (Å²) in [5, 5.41) is 7.28. The first-order valence-electron chi connectivity index (χ1n) is 5.97. The molecule has 4 nitrogen and oxygen atoms in total. The van der Waals surface area contributed by atoms with Gasteiger partial charge in [-0.05, 0) is 37.4 Å². The Morgan fingerprint density at radius 3 is 2.29 bits per heavy atom. The largest absolute Gasteiger partial charge is 0.492 e. The van der Waals surface area contributed by atoms with Gasteiger partial charge in [0.15, 0.2) is 0 Å². The molecule has 17 heavy (non-hydrogen) atoms. The number of nitrogens with zero attached hydrogens (tertiary/aromatic N) is 1. The van der Waals surface area contributed by atoms with Gasteiger partial charge in [0.25, 0.3) is 0 Å². The number of rotatable bonds is 7. The Morgan fingerprint density at radius 2 is 1.82 bits per heavy atom. The number of benzene rings is 1. The van der Waals surface area contributed by atoms with Crippen LogP contribution in [-0.2, 0) is 0 Å². The van der Waals surface area contributed by atoms with Crippen LogP contribution in [0, 0.1) is 5.41 Å². The summed E-state index contributed by atoms with van der Waals surface area (Å²) < 4.78 is 5.62. The summed E-state index contributed by atoms with van der Waals surface area (Å²) in [6.07, 6.45) is 0. The summed E-state index contributed by atoms with van der Waals surface area (Å²) in [5.41, 5.74) is 6.10. The second kappa shape index (κ2) is 6.91. The highest BCUT2D eigenvalue weighted by Gasteiger charge is 2.00. The van der Waals surface area contributed by atoms with E-state index in [1.54, 1.807) is 12.1 Å². The van der Waals surface area contributed by atoms with Crippen molar-refractivity contribution in [3.63, 3.8) is 0 Å². The Morgan fingerprint density at radius 1 is 1.24 bits per heavy atom. The van der Waals surface area contributed by atoms with Crippen molar-refractivity contribution in [2.45, 2.75) is 13.8 Å². The molecule has 1 aromatic carbocycles. The highest BCUT2D eigenvalue weighted by molar-refractivity contribution is 5.94. The van der Waals surface area contributed by atoms with E-state index in [-0.39, 0.29) is 5.84 Å². The first kappa shape index (κ1) is 13.5. The molecule has 1 aromatic rings. The zero-order valence-corrected chi connectivity index (χ0v) is 10.6. The molecule has 4 heteroatoms. The van der Waals surface area contributed by atoms with Crippen molar-refractivity contribution >= 4 is 5.84 Å². The van der Waals surface area contributed by atoms with E-state index >= 15 is 0 Å². The molecule has 3 N–H and O–H groups in total. The van der Waals surface area contributed by atoms with Crippen LogP contribution < -0.4 is 10.5 Å². The molecule has 1 rings (SSSR count). The maximum Gasteiger partial charge on any atom is 0.122 e. The Kier molecular flexibility index (Phi) is 5.49. The molecule has 0 aliphatic rings. The van der Waals surface area contributed by atoms with Gasteiger partial charge in [-0.25, -0.2) is 0 Å². The molecule has 94 valence electrons. The van der Waals surface area contributed by atoms with Crippen LogP contribution in [0.3, 0.4) is 0 Å². The third kappa shape index (κ3) is 4.44. The lowest BCUT2D eigenvalue weighted by Gasteiger charge is -2.18. The topological polar surface area (TPSA) is 62.3 Å². The normalized spacial score (nSPS) is 10.5. The predicted octanol–water partition coefficient (Wildman–Crippen LogP) is 1.69. The zero-order valence-electron chi connectivity index (χ0n) is 10.6. The molecule has 0 aliphatic heterocycles. The van der Waals surface area contributed by atoms with E-state index in [9.17, 15) is 0 Å². The first-order valence-corrected chi connectivity index (χ1v) is 5.97. The number of nitrogens with one attached hydrogen (secondary N) is 1. The van der Waals surface area contributed by atoms with Crippen LogP contribution >= 0.6 is 0 Å². The van der Waals surface area contributed by atoms with E-state index in [1.807, 2.05) is 12.1 Å². The molecule has 0 atom stereocenters. The maximum absolute atomic E-state index is 7.28. The second-order valence-electron chi connectivity index (χ2n) is 3.81. The fourth-order valence-corrected chi connectivity index (χ4v) is 1.56. The molecule has 0 aliphatic carbocycles. The van der Waals surface area contributed by atoms with Gasteiger partial charge in [-0.1, -0.05) is 13.8 Å². The van der Waals surface area contributed by atoms with Crippen molar-refractivity contribution in [1.29, 1.82) is 5.41 Å². The highest BCUT2D eigenvalue weighted by atomic mass is 16.5. The smallest absolute Gasteiger partial charge is 0.122 e. The zero-order chi connectivity index (χ0) is 12.7. The standard InChI is InChI=1S/C13H21N3O/c1-3-16(4-2)9-10-17-12-7-5-11(6-8-12)13(14)15/h5-8H,3-4,9-10H2,1-2H3,(H3,14,15). The molecule has 0 saturated heterocycles. The summed E-state index contributed by atoms with van der Waals surface area (Å²) in [4.78, 5) is 2.31. The van der Waals surface area contributed by atoms with Gasteiger partial charge in [0, 0.05) is 12.1 Å². The molecule has 0 aromatic heterocycles. The Labute approximate surface area is 103 Å². The molecular formula is C13H21N3O. The van der Waals surface area contributed by atoms with Crippen LogP contribution in [0.5, 0.6) is 5.75 Å². The van der Waals surface area contributed by atoms with Crippen LogP contribution in [0.2, 0.25) is 0 Å². The molecule has 0 spiro atoms. The summed E-state index contributed by atoms with van der Waals surface area (Å²) >= 11 is 0. The quantitative estimate of drug-likeness (QED) is 0.558. The number of likely N-dealkylation sites (N-methyl/N-ethyl adjacent to an activating group) is 1. The average Bonchev–Trinajstić information content (AvgIpc) is 2.35. The highest BCUT2D eigenvalue weighted by Crippen LogP contribution is 2.11. The van der Waals surface area contributed by atoms with Gasteiger partial charge in [-0.15, -0.1) is 0 Å². The lowest BCUT2D eigenvalue weighted by Crippen LogP contribution is -2.27. The van der Waals surface area contributed by atoms with Gasteiger partial charge in [0.1, 0.15) is 18.2 Å². The van der Waals surface area contributed by atoms with Gasteiger partial charge < -0.3 is 15.4 Å². The molecule has 0 radical (unpaired) electrons. The van der Waals surface area contributed by atoms with Gasteiger partial charge in [0.05, 0.1) is 0 Å². The Balaban J connectivity index is 2.39. The van der Waals surface area contributed by atoms with E-state index in [2.05, 4.69) is 18.7 Å². The number of nitrogen functional groups attached to an aromatic ring is 1. The second-order valence-corrected chi connectivity index (χ2v) is 3.81. The summed E-state index contributed by atoms with van der Waals surface area (Å²) in [6, 6.07) is 7.29. The third-order valence-electron chi connectivity index (χ3n) is 2.74. The van der Waals surface area contributed by atoms with Crippen molar-refractivity contribution in [3.05, 3.63) is 29.8 Å². The Bertz CT molecular complexity index is 344. The van der Waals surface area contributed by atoms with Crippen LogP contribution in [0.4, 0.5) is 0 Å². The minimum atomic E-state index is 0.0830. The number of hydrogen-bond acceptors (Lipinski definition) is 3. The van der Waals surface area contributed by atoms with Gasteiger partial charge in [-0.3, -0.25) is 5.41 Å². The average molecular weight is 235 g/mol. The van der Waals surface area contributed by atoms with Crippen molar-refractivity contribution in [2.75, 3.05) is 26.2 Å². The van der Waals surface area contributed by atoms with E-state index in [0.717, 1.165) is 30.9 Å². The van der Waals surface area contributed by atoms with Crippen LogP contribution in [0.15, 0.2) is 24.3 Å². The summed E-state index contributed by atoms with van der Waals surface area (Å²) in [5.74, 6) is 0.904. The minimum Gasteiger partial charge on any atom is -0.492 e. The maximum atomic E-state index is 7.28. The fourth-order valence-electron chi connectivity index (χ4n) is 1.56. The van der Waals surface area contributed by atoms with E-state index in [1.165, 1.54) is 0 Å². The van der Waals surface area contributed by atoms with Gasteiger partial charge in [-0.2, -0.15) is 0 Å². The lowest BCUT2D eigenvalue weighted by atomic mass is 10.2. The van der Waals surface area contributed by atoms with Crippen molar-refractivity contribution < 1.29 is 4.74 Å². The first-order chi connectivity index (χ1) is 8.17. The van der Waals surface area contributed by atoms with E-state index in [0.29, 0.717) is 6.61 Å². The van der Waals surface area contributed by atoms with Gasteiger partial charge >= 0.3 is 0 Å². The molecular weight excluding hydrogens is 214 g/mol. The minimum absolute atomic E-state index is 0.0830. The molecule has 0 unspecified atom stereocenters. The fraction of sp³-hybridized carbons (Fsp3) is 0.462. The molecule has 0 amide bonds.